The number of unbranched alkanes of at least 4 members (excludes halogenated alkanes) is 1. The summed E-state index contributed by atoms with van der Waals surface area (Å²) in [7, 11) is 0. The number of anilines is 1. The molecular formula is C15H25NO. The lowest BCUT2D eigenvalue weighted by molar-refractivity contribution is 0.0731. The minimum absolute atomic E-state index is 0.584. The van der Waals surface area contributed by atoms with Crippen molar-refractivity contribution in [2.75, 3.05) is 18.0 Å². The predicted octanol–water partition coefficient (Wildman–Crippen LogP) is 3.45. The third-order valence-electron chi connectivity index (χ3n) is 2.90. The van der Waals surface area contributed by atoms with Gasteiger partial charge in [-0.15, -0.1) is 0 Å². The smallest absolute Gasteiger partial charge is 0.0608 e. The first kappa shape index (κ1) is 14.0. The van der Waals surface area contributed by atoms with Gasteiger partial charge in [-0.25, -0.2) is 0 Å². The van der Waals surface area contributed by atoms with E-state index in [0.717, 1.165) is 19.5 Å². The number of hydrogen-bond acceptors (Lipinski definition) is 2. The molecule has 1 N–H and O–H groups in total. The molecule has 0 aliphatic carbocycles. The van der Waals surface area contributed by atoms with Gasteiger partial charge in [-0.1, -0.05) is 31.5 Å². The standard InChI is InChI=1S/C15H25NO/c1-4-5-12-16(13-11-15(2,3)17)14-9-7-6-8-10-14/h6-10,17H,4-5,11-13H2,1-3H3. The van der Waals surface area contributed by atoms with Gasteiger partial charge in [-0.3, -0.25) is 0 Å². The molecule has 0 saturated heterocycles. The highest BCUT2D eigenvalue weighted by molar-refractivity contribution is 5.45. The maximum Gasteiger partial charge on any atom is 0.0608 e. The van der Waals surface area contributed by atoms with E-state index in [2.05, 4.69) is 36.1 Å². The van der Waals surface area contributed by atoms with Gasteiger partial charge in [0, 0.05) is 18.8 Å². The third-order valence-corrected chi connectivity index (χ3v) is 2.90. The molecule has 0 saturated carbocycles. The Kier molecular flexibility index (Phi) is 5.49. The molecule has 2 heteroatoms. The maximum atomic E-state index is 9.81. The summed E-state index contributed by atoms with van der Waals surface area (Å²) < 4.78 is 0. The van der Waals surface area contributed by atoms with Crippen LogP contribution in [-0.2, 0) is 0 Å². The molecule has 0 bridgehead atoms. The Balaban J connectivity index is 2.61. The number of benzene rings is 1. The molecule has 0 atom stereocenters. The average molecular weight is 235 g/mol. The molecular weight excluding hydrogens is 210 g/mol. The van der Waals surface area contributed by atoms with Crippen molar-refractivity contribution in [1.82, 2.24) is 0 Å². The van der Waals surface area contributed by atoms with E-state index in [0.29, 0.717) is 0 Å². The van der Waals surface area contributed by atoms with Crippen molar-refractivity contribution in [2.45, 2.75) is 45.6 Å². The molecule has 17 heavy (non-hydrogen) atoms. The minimum atomic E-state index is -0.584. The van der Waals surface area contributed by atoms with Gasteiger partial charge >= 0.3 is 0 Å². The number of rotatable bonds is 7. The van der Waals surface area contributed by atoms with Gasteiger partial charge in [0.25, 0.3) is 0 Å². The Morgan fingerprint density at radius 2 is 1.76 bits per heavy atom. The van der Waals surface area contributed by atoms with Crippen molar-refractivity contribution in [2.24, 2.45) is 0 Å². The van der Waals surface area contributed by atoms with E-state index in [4.69, 9.17) is 0 Å². The lowest BCUT2D eigenvalue weighted by Crippen LogP contribution is -2.31. The van der Waals surface area contributed by atoms with Crippen molar-refractivity contribution in [3.8, 4) is 0 Å². The number of hydrogen-bond donors (Lipinski definition) is 1. The van der Waals surface area contributed by atoms with Crippen molar-refractivity contribution >= 4 is 5.69 Å². The summed E-state index contributed by atoms with van der Waals surface area (Å²) in [6.07, 6.45) is 3.19. The summed E-state index contributed by atoms with van der Waals surface area (Å²) in [4.78, 5) is 2.36. The summed E-state index contributed by atoms with van der Waals surface area (Å²) in [6, 6.07) is 10.5. The maximum absolute atomic E-state index is 9.81. The van der Waals surface area contributed by atoms with Crippen LogP contribution in [0, 0.1) is 0 Å². The lowest BCUT2D eigenvalue weighted by atomic mass is 10.1. The van der Waals surface area contributed by atoms with Crippen LogP contribution in [0.3, 0.4) is 0 Å². The van der Waals surface area contributed by atoms with Crippen molar-refractivity contribution in [3.05, 3.63) is 30.3 Å². The Morgan fingerprint density at radius 3 is 2.29 bits per heavy atom. The van der Waals surface area contributed by atoms with E-state index in [9.17, 15) is 5.11 Å². The first-order valence-electron chi connectivity index (χ1n) is 6.55. The molecule has 96 valence electrons. The van der Waals surface area contributed by atoms with Crippen LogP contribution in [0.15, 0.2) is 30.3 Å². The highest BCUT2D eigenvalue weighted by atomic mass is 16.3. The summed E-state index contributed by atoms with van der Waals surface area (Å²) in [5, 5.41) is 9.81. The van der Waals surface area contributed by atoms with Gasteiger partial charge in [-0.05, 0) is 38.8 Å². The van der Waals surface area contributed by atoms with Crippen LogP contribution in [0.5, 0.6) is 0 Å². The van der Waals surface area contributed by atoms with Crippen LogP contribution in [0.1, 0.15) is 40.0 Å². The summed E-state index contributed by atoms with van der Waals surface area (Å²) in [5.74, 6) is 0. The van der Waals surface area contributed by atoms with E-state index in [1.54, 1.807) is 0 Å². The van der Waals surface area contributed by atoms with Crippen molar-refractivity contribution in [1.29, 1.82) is 0 Å². The molecule has 1 rings (SSSR count). The number of nitrogens with zero attached hydrogens (tertiary/aromatic N) is 1. The summed E-state index contributed by atoms with van der Waals surface area (Å²) in [5.41, 5.74) is 0.671. The molecule has 0 aromatic heterocycles. The zero-order valence-corrected chi connectivity index (χ0v) is 11.3. The van der Waals surface area contributed by atoms with Crippen LogP contribution in [-0.4, -0.2) is 23.8 Å². The molecule has 0 radical (unpaired) electrons. The largest absolute Gasteiger partial charge is 0.390 e. The Labute approximate surface area is 105 Å². The Hall–Kier alpha value is -1.02. The predicted molar refractivity (Wildman–Crippen MR) is 74.5 cm³/mol. The molecule has 0 unspecified atom stereocenters. The Bertz CT molecular complexity index is 302. The zero-order chi connectivity index (χ0) is 12.7. The fourth-order valence-electron chi connectivity index (χ4n) is 1.77. The minimum Gasteiger partial charge on any atom is -0.390 e. The molecule has 0 spiro atoms. The highest BCUT2D eigenvalue weighted by Gasteiger charge is 2.15. The van der Waals surface area contributed by atoms with Gasteiger partial charge in [0.05, 0.1) is 5.60 Å². The van der Waals surface area contributed by atoms with Crippen LogP contribution in [0.4, 0.5) is 5.69 Å². The van der Waals surface area contributed by atoms with Crippen LogP contribution in [0.2, 0.25) is 0 Å². The van der Waals surface area contributed by atoms with Gasteiger partial charge < -0.3 is 10.0 Å². The monoisotopic (exact) mass is 235 g/mol. The normalized spacial score (nSPS) is 11.5. The van der Waals surface area contributed by atoms with Crippen molar-refractivity contribution < 1.29 is 5.11 Å². The number of para-hydroxylation sites is 1. The second-order valence-corrected chi connectivity index (χ2v) is 5.24. The fourth-order valence-corrected chi connectivity index (χ4v) is 1.77. The van der Waals surface area contributed by atoms with E-state index < -0.39 is 5.60 Å². The quantitative estimate of drug-likeness (QED) is 0.782. The van der Waals surface area contributed by atoms with E-state index >= 15 is 0 Å². The molecule has 0 fully saturated rings. The van der Waals surface area contributed by atoms with Crippen LogP contribution >= 0.6 is 0 Å². The average Bonchev–Trinajstić information content (AvgIpc) is 2.29. The topological polar surface area (TPSA) is 23.5 Å². The second-order valence-electron chi connectivity index (χ2n) is 5.24. The fraction of sp³-hybridized carbons (Fsp3) is 0.600. The van der Waals surface area contributed by atoms with E-state index in [1.807, 2.05) is 19.9 Å². The molecule has 2 nitrogen and oxygen atoms in total. The van der Waals surface area contributed by atoms with E-state index in [-0.39, 0.29) is 0 Å². The third kappa shape index (κ3) is 5.73. The summed E-state index contributed by atoms with van der Waals surface area (Å²) in [6.45, 7) is 7.93. The second kappa shape index (κ2) is 6.65. The van der Waals surface area contributed by atoms with Crippen molar-refractivity contribution in [3.63, 3.8) is 0 Å². The van der Waals surface area contributed by atoms with Gasteiger partial charge in [-0.2, -0.15) is 0 Å². The SMILES string of the molecule is CCCCN(CCC(C)(C)O)c1ccccc1. The zero-order valence-electron chi connectivity index (χ0n) is 11.3. The molecule has 1 aromatic carbocycles. The van der Waals surface area contributed by atoms with Crippen LogP contribution < -0.4 is 4.90 Å². The van der Waals surface area contributed by atoms with Gasteiger partial charge in [0.2, 0.25) is 0 Å². The first-order chi connectivity index (χ1) is 8.03. The van der Waals surface area contributed by atoms with Crippen LogP contribution in [0.25, 0.3) is 0 Å². The number of aliphatic hydroxyl groups is 1. The van der Waals surface area contributed by atoms with E-state index in [1.165, 1.54) is 18.5 Å². The molecule has 1 aromatic rings. The molecule has 0 aliphatic heterocycles. The molecule has 0 heterocycles. The Morgan fingerprint density at radius 1 is 1.12 bits per heavy atom. The first-order valence-corrected chi connectivity index (χ1v) is 6.55. The van der Waals surface area contributed by atoms with Gasteiger partial charge in [0.1, 0.15) is 0 Å². The summed E-state index contributed by atoms with van der Waals surface area (Å²) >= 11 is 0. The highest BCUT2D eigenvalue weighted by Crippen LogP contribution is 2.17. The van der Waals surface area contributed by atoms with Gasteiger partial charge in [0.15, 0.2) is 0 Å². The molecule has 0 amide bonds. The lowest BCUT2D eigenvalue weighted by Gasteiger charge is -2.28. The molecule has 0 aliphatic rings.